The van der Waals surface area contributed by atoms with Gasteiger partial charge in [-0.15, -0.1) is 0 Å². The molecule has 0 atom stereocenters. The molecule has 0 unspecified atom stereocenters. The maximum Gasteiger partial charge on any atom is 0.291 e. The molecular weight excluding hydrogens is 405 g/mol. The number of amides is 1. The average molecular weight is 417 g/mol. The summed E-state index contributed by atoms with van der Waals surface area (Å²) < 4.78 is 27.0. The molecule has 10 heteroatoms. The first-order chi connectivity index (χ1) is 12.3. The number of carbonyl (C=O) groups excluding carboxylic acids is 1. The summed E-state index contributed by atoms with van der Waals surface area (Å²) in [5, 5.41) is 3.09. The van der Waals surface area contributed by atoms with E-state index in [4.69, 9.17) is 28.9 Å². The van der Waals surface area contributed by atoms with Crippen molar-refractivity contribution in [1.29, 1.82) is 0 Å². The molecule has 0 saturated heterocycles. The Morgan fingerprint density at radius 2 is 1.92 bits per heavy atom. The summed E-state index contributed by atoms with van der Waals surface area (Å²) in [6, 6.07) is 9.81. The molecule has 0 aliphatic rings. The molecule has 0 spiro atoms. The first-order valence-electron chi connectivity index (χ1n) is 7.29. The number of alkyl halides is 2. The monoisotopic (exact) mass is 416 g/mol. The fourth-order valence-corrected chi connectivity index (χ4v) is 3.46. The average Bonchev–Trinajstić information content (AvgIpc) is 2.89. The number of halogens is 4. The number of nitrogens with two attached hydrogens (primary N) is 1. The van der Waals surface area contributed by atoms with E-state index in [1.807, 2.05) is 0 Å². The van der Waals surface area contributed by atoms with Crippen LogP contribution in [0.3, 0.4) is 0 Å². The van der Waals surface area contributed by atoms with Crippen LogP contribution in [0.2, 0.25) is 10.0 Å². The van der Waals surface area contributed by atoms with Gasteiger partial charge in [-0.05, 0) is 36.0 Å². The number of para-hydroxylation sites is 2. The molecule has 0 radical (unpaired) electrons. The Kier molecular flexibility index (Phi) is 5.55. The zero-order valence-corrected chi connectivity index (χ0v) is 15.4. The van der Waals surface area contributed by atoms with Crippen molar-refractivity contribution in [3.63, 3.8) is 0 Å². The van der Waals surface area contributed by atoms with Gasteiger partial charge in [0.15, 0.2) is 5.16 Å². The van der Waals surface area contributed by atoms with Gasteiger partial charge < -0.3 is 15.6 Å². The Morgan fingerprint density at radius 1 is 1.27 bits per heavy atom. The lowest BCUT2D eigenvalue weighted by Gasteiger charge is -2.11. The molecule has 26 heavy (non-hydrogen) atoms. The van der Waals surface area contributed by atoms with E-state index in [0.29, 0.717) is 16.7 Å². The van der Waals surface area contributed by atoms with Crippen molar-refractivity contribution >= 4 is 63.3 Å². The number of thioether (sulfide) groups is 1. The Labute approximate surface area is 161 Å². The highest BCUT2D eigenvalue weighted by molar-refractivity contribution is 7.99. The van der Waals surface area contributed by atoms with Gasteiger partial charge in [0.1, 0.15) is 6.54 Å². The number of fused-ring (bicyclic) bond motifs is 1. The lowest BCUT2D eigenvalue weighted by molar-refractivity contribution is -0.116. The van der Waals surface area contributed by atoms with Crippen LogP contribution in [0.4, 0.5) is 20.2 Å². The number of carbonyl (C=O) groups is 1. The lowest BCUT2D eigenvalue weighted by Crippen LogP contribution is -2.19. The lowest BCUT2D eigenvalue weighted by atomic mass is 10.2. The van der Waals surface area contributed by atoms with E-state index < -0.39 is 11.7 Å². The summed E-state index contributed by atoms with van der Waals surface area (Å²) in [6.07, 6.45) is 0. The molecule has 0 bridgehead atoms. The van der Waals surface area contributed by atoms with E-state index in [1.165, 1.54) is 16.7 Å². The maximum absolute atomic E-state index is 12.8. The van der Waals surface area contributed by atoms with Crippen LogP contribution in [0.5, 0.6) is 0 Å². The third-order valence-corrected chi connectivity index (χ3v) is 4.80. The SMILES string of the molecule is Nc1c(Cl)cc(NC(=O)Cn2c(SC(F)F)nc3ccccc32)cc1Cl. The minimum atomic E-state index is -2.65. The van der Waals surface area contributed by atoms with Crippen LogP contribution in [0.1, 0.15) is 0 Å². The van der Waals surface area contributed by atoms with Crippen molar-refractivity contribution in [1.82, 2.24) is 9.55 Å². The number of imidazole rings is 1. The van der Waals surface area contributed by atoms with Crippen LogP contribution in [-0.2, 0) is 11.3 Å². The number of rotatable bonds is 5. The van der Waals surface area contributed by atoms with E-state index in [9.17, 15) is 13.6 Å². The minimum Gasteiger partial charge on any atom is -0.396 e. The van der Waals surface area contributed by atoms with Crippen LogP contribution in [0.15, 0.2) is 41.6 Å². The summed E-state index contributed by atoms with van der Waals surface area (Å²) in [4.78, 5) is 16.6. The van der Waals surface area contributed by atoms with Gasteiger partial charge in [0.25, 0.3) is 5.76 Å². The Hall–Kier alpha value is -2.03. The summed E-state index contributed by atoms with van der Waals surface area (Å²) in [7, 11) is 0. The van der Waals surface area contributed by atoms with Crippen LogP contribution in [0, 0.1) is 0 Å². The highest BCUT2D eigenvalue weighted by atomic mass is 35.5. The number of aromatic nitrogens is 2. The smallest absolute Gasteiger partial charge is 0.291 e. The third kappa shape index (κ3) is 4.03. The predicted octanol–water partition coefficient (Wildman–Crippen LogP) is 4.88. The first-order valence-corrected chi connectivity index (χ1v) is 8.93. The Balaban J connectivity index is 1.87. The van der Waals surface area contributed by atoms with E-state index in [-0.39, 0.29) is 39.2 Å². The molecule has 3 aromatic rings. The van der Waals surface area contributed by atoms with Gasteiger partial charge in [0.2, 0.25) is 5.91 Å². The van der Waals surface area contributed by atoms with Gasteiger partial charge in [0, 0.05) is 5.69 Å². The van der Waals surface area contributed by atoms with Crippen molar-refractivity contribution < 1.29 is 13.6 Å². The minimum absolute atomic E-state index is 0.0599. The van der Waals surface area contributed by atoms with Gasteiger partial charge in [-0.3, -0.25) is 4.79 Å². The highest BCUT2D eigenvalue weighted by Gasteiger charge is 2.18. The highest BCUT2D eigenvalue weighted by Crippen LogP contribution is 2.31. The van der Waals surface area contributed by atoms with Gasteiger partial charge in [-0.1, -0.05) is 35.3 Å². The molecule has 2 aromatic carbocycles. The van der Waals surface area contributed by atoms with Crippen LogP contribution < -0.4 is 11.1 Å². The molecule has 0 saturated carbocycles. The molecule has 136 valence electrons. The van der Waals surface area contributed by atoms with E-state index in [1.54, 1.807) is 24.3 Å². The molecule has 3 N–H and O–H groups in total. The zero-order chi connectivity index (χ0) is 18.8. The molecule has 0 aliphatic heterocycles. The fraction of sp³-hybridized carbons (Fsp3) is 0.125. The van der Waals surface area contributed by atoms with Gasteiger partial charge in [-0.25, -0.2) is 4.98 Å². The number of anilines is 2. The number of nitrogen functional groups attached to an aromatic ring is 1. The largest absolute Gasteiger partial charge is 0.396 e. The molecule has 0 fully saturated rings. The number of benzene rings is 2. The van der Waals surface area contributed by atoms with Crippen LogP contribution in [-0.4, -0.2) is 21.2 Å². The summed E-state index contributed by atoms with van der Waals surface area (Å²) in [6.45, 7) is -0.199. The number of nitrogens with zero attached hydrogens (tertiary/aromatic N) is 2. The molecule has 0 aliphatic carbocycles. The van der Waals surface area contributed by atoms with Crippen LogP contribution in [0.25, 0.3) is 11.0 Å². The summed E-state index contributed by atoms with van der Waals surface area (Å²) in [5.41, 5.74) is 7.33. The van der Waals surface area contributed by atoms with Crippen molar-refractivity contribution in [2.75, 3.05) is 11.1 Å². The second kappa shape index (κ2) is 7.69. The zero-order valence-electron chi connectivity index (χ0n) is 13.0. The van der Waals surface area contributed by atoms with Gasteiger partial charge in [0.05, 0.1) is 26.8 Å². The molecule has 3 rings (SSSR count). The summed E-state index contributed by atoms with van der Waals surface area (Å²) in [5.74, 6) is -3.09. The van der Waals surface area contributed by atoms with Crippen LogP contribution >= 0.6 is 35.0 Å². The van der Waals surface area contributed by atoms with Crippen molar-refractivity contribution in [3.8, 4) is 0 Å². The second-order valence-electron chi connectivity index (χ2n) is 5.25. The number of hydrogen-bond donors (Lipinski definition) is 2. The standard InChI is InChI=1S/C16H12Cl2F2N4OS/c17-9-5-8(6-10(18)14(9)21)22-13(25)7-24-12-4-2-1-3-11(12)23-16(24)26-15(19)20/h1-6,15H,7,21H2,(H,22,25). The van der Waals surface area contributed by atoms with Crippen molar-refractivity contribution in [2.24, 2.45) is 0 Å². The topological polar surface area (TPSA) is 72.9 Å². The van der Waals surface area contributed by atoms with E-state index >= 15 is 0 Å². The number of hydrogen-bond acceptors (Lipinski definition) is 4. The quantitative estimate of drug-likeness (QED) is 0.459. The Morgan fingerprint density at radius 3 is 2.58 bits per heavy atom. The summed E-state index contributed by atoms with van der Waals surface area (Å²) >= 11 is 12.2. The third-order valence-electron chi connectivity index (χ3n) is 3.48. The van der Waals surface area contributed by atoms with Crippen molar-refractivity contribution in [3.05, 3.63) is 46.4 Å². The number of nitrogens with one attached hydrogen (secondary N) is 1. The Bertz CT molecular complexity index is 957. The first kappa shape index (κ1) is 18.8. The van der Waals surface area contributed by atoms with Crippen molar-refractivity contribution in [2.45, 2.75) is 17.5 Å². The second-order valence-corrected chi connectivity index (χ2v) is 7.02. The fourth-order valence-electron chi connectivity index (χ4n) is 2.38. The normalized spacial score (nSPS) is 11.3. The predicted molar refractivity (Wildman–Crippen MR) is 101 cm³/mol. The molecule has 1 heterocycles. The van der Waals surface area contributed by atoms with Gasteiger partial charge >= 0.3 is 0 Å². The molecule has 1 aromatic heterocycles. The molecule has 5 nitrogen and oxygen atoms in total. The molecule has 1 amide bonds. The van der Waals surface area contributed by atoms with E-state index in [0.717, 1.165) is 0 Å². The van der Waals surface area contributed by atoms with Gasteiger partial charge in [-0.2, -0.15) is 8.78 Å². The molecular formula is C16H12Cl2F2N4OS. The van der Waals surface area contributed by atoms with E-state index in [2.05, 4.69) is 10.3 Å². The maximum atomic E-state index is 12.8.